The zero-order valence-electron chi connectivity index (χ0n) is 10.8. The van der Waals surface area contributed by atoms with Crippen LogP contribution in [-0.2, 0) is 11.3 Å². The van der Waals surface area contributed by atoms with E-state index < -0.39 is 0 Å². The number of ether oxygens (including phenoxy) is 1. The van der Waals surface area contributed by atoms with Gasteiger partial charge >= 0.3 is 0 Å². The summed E-state index contributed by atoms with van der Waals surface area (Å²) in [5.41, 5.74) is 1.13. The SMILES string of the molecule is OCCC1(CNCc2cc(Cl)cc(Cl)c2)CCOC1. The number of benzene rings is 1. The van der Waals surface area contributed by atoms with E-state index in [4.69, 9.17) is 33.0 Å². The van der Waals surface area contributed by atoms with Crippen LogP contribution in [0.5, 0.6) is 0 Å². The minimum absolute atomic E-state index is 0.0666. The molecule has 1 unspecified atom stereocenters. The highest BCUT2D eigenvalue weighted by Crippen LogP contribution is 2.31. The molecule has 1 atom stereocenters. The highest BCUT2D eigenvalue weighted by molar-refractivity contribution is 6.34. The number of aliphatic hydroxyl groups is 1. The average molecular weight is 304 g/mol. The van der Waals surface area contributed by atoms with Crippen molar-refractivity contribution in [2.45, 2.75) is 19.4 Å². The van der Waals surface area contributed by atoms with Gasteiger partial charge in [-0.3, -0.25) is 0 Å². The first-order chi connectivity index (χ1) is 9.13. The summed E-state index contributed by atoms with van der Waals surface area (Å²) in [6, 6.07) is 5.54. The Kier molecular flexibility index (Phi) is 5.48. The number of aliphatic hydroxyl groups excluding tert-OH is 1. The molecule has 1 fully saturated rings. The second kappa shape index (κ2) is 6.91. The van der Waals surface area contributed by atoms with Crippen molar-refractivity contribution < 1.29 is 9.84 Å². The molecule has 1 saturated heterocycles. The molecule has 1 heterocycles. The van der Waals surface area contributed by atoms with Gasteiger partial charge in [0.15, 0.2) is 0 Å². The van der Waals surface area contributed by atoms with E-state index in [1.54, 1.807) is 6.07 Å². The minimum Gasteiger partial charge on any atom is -0.396 e. The standard InChI is InChI=1S/C14H19Cl2NO2/c15-12-5-11(6-13(16)7-12)8-17-9-14(1-3-18)2-4-19-10-14/h5-7,17-18H,1-4,8-10H2. The van der Waals surface area contributed by atoms with E-state index in [1.807, 2.05) is 12.1 Å². The van der Waals surface area contributed by atoms with Crippen LogP contribution in [0.25, 0.3) is 0 Å². The summed E-state index contributed by atoms with van der Waals surface area (Å²) in [6.07, 6.45) is 1.77. The van der Waals surface area contributed by atoms with E-state index in [1.165, 1.54) is 0 Å². The molecule has 2 rings (SSSR count). The van der Waals surface area contributed by atoms with E-state index in [2.05, 4.69) is 5.32 Å². The molecule has 1 aromatic carbocycles. The quantitative estimate of drug-likeness (QED) is 0.849. The lowest BCUT2D eigenvalue weighted by molar-refractivity contribution is 0.124. The molecular weight excluding hydrogens is 285 g/mol. The normalized spacial score (nSPS) is 22.9. The molecule has 0 spiro atoms. The summed E-state index contributed by atoms with van der Waals surface area (Å²) in [7, 11) is 0. The molecule has 3 nitrogen and oxygen atoms in total. The number of halogens is 2. The molecule has 1 aromatic rings. The van der Waals surface area contributed by atoms with Gasteiger partial charge in [-0.25, -0.2) is 0 Å². The summed E-state index contributed by atoms with van der Waals surface area (Å²) < 4.78 is 5.46. The van der Waals surface area contributed by atoms with Gasteiger partial charge in [0.25, 0.3) is 0 Å². The van der Waals surface area contributed by atoms with E-state index in [-0.39, 0.29) is 12.0 Å². The number of rotatable bonds is 6. The first-order valence-corrected chi connectivity index (χ1v) is 7.23. The Morgan fingerprint density at radius 3 is 2.58 bits per heavy atom. The van der Waals surface area contributed by atoms with Gasteiger partial charge < -0.3 is 15.2 Å². The highest BCUT2D eigenvalue weighted by atomic mass is 35.5. The van der Waals surface area contributed by atoms with E-state index in [0.29, 0.717) is 16.6 Å². The number of hydrogen-bond donors (Lipinski definition) is 2. The van der Waals surface area contributed by atoms with Gasteiger partial charge in [-0.1, -0.05) is 23.2 Å². The van der Waals surface area contributed by atoms with Crippen LogP contribution in [-0.4, -0.2) is 31.5 Å². The van der Waals surface area contributed by atoms with Crippen molar-refractivity contribution in [3.63, 3.8) is 0 Å². The van der Waals surface area contributed by atoms with E-state index in [9.17, 15) is 0 Å². The molecular formula is C14H19Cl2NO2. The summed E-state index contributed by atoms with van der Waals surface area (Å²) in [4.78, 5) is 0. The van der Waals surface area contributed by atoms with Crippen LogP contribution in [0.2, 0.25) is 10.0 Å². The molecule has 1 aliphatic heterocycles. The fourth-order valence-electron chi connectivity index (χ4n) is 2.50. The van der Waals surface area contributed by atoms with Crippen molar-refractivity contribution in [2.24, 2.45) is 5.41 Å². The Bertz CT molecular complexity index is 400. The second-order valence-corrected chi connectivity index (χ2v) is 6.03. The fourth-order valence-corrected chi connectivity index (χ4v) is 3.07. The first kappa shape index (κ1) is 15.1. The van der Waals surface area contributed by atoms with Crippen LogP contribution in [0.3, 0.4) is 0 Å². The van der Waals surface area contributed by atoms with Crippen LogP contribution in [0.15, 0.2) is 18.2 Å². The summed E-state index contributed by atoms with van der Waals surface area (Å²) in [5, 5.41) is 13.9. The molecule has 1 aliphatic rings. The van der Waals surface area contributed by atoms with Crippen molar-refractivity contribution in [1.82, 2.24) is 5.32 Å². The second-order valence-electron chi connectivity index (χ2n) is 5.16. The van der Waals surface area contributed by atoms with Gasteiger partial charge in [0.1, 0.15) is 0 Å². The molecule has 5 heteroatoms. The van der Waals surface area contributed by atoms with E-state index >= 15 is 0 Å². The summed E-state index contributed by atoms with van der Waals surface area (Å²) in [6.45, 7) is 3.25. The molecule has 0 amide bonds. The van der Waals surface area contributed by atoms with Crippen molar-refractivity contribution in [3.05, 3.63) is 33.8 Å². The maximum absolute atomic E-state index is 9.16. The van der Waals surface area contributed by atoms with Gasteiger partial charge in [-0.2, -0.15) is 0 Å². The Balaban J connectivity index is 1.88. The topological polar surface area (TPSA) is 41.5 Å². The van der Waals surface area contributed by atoms with Gasteiger partial charge in [-0.15, -0.1) is 0 Å². The fraction of sp³-hybridized carbons (Fsp3) is 0.571. The van der Waals surface area contributed by atoms with Crippen LogP contribution in [0.4, 0.5) is 0 Å². The smallest absolute Gasteiger partial charge is 0.0536 e. The highest BCUT2D eigenvalue weighted by Gasteiger charge is 2.33. The summed E-state index contributed by atoms with van der Waals surface area (Å²) >= 11 is 11.9. The minimum atomic E-state index is 0.0666. The molecule has 0 aromatic heterocycles. The van der Waals surface area contributed by atoms with Gasteiger partial charge in [0.2, 0.25) is 0 Å². The Morgan fingerprint density at radius 2 is 2.00 bits per heavy atom. The first-order valence-electron chi connectivity index (χ1n) is 6.48. The third kappa shape index (κ3) is 4.33. The van der Waals surface area contributed by atoms with Crippen molar-refractivity contribution >= 4 is 23.2 Å². The Labute approximate surface area is 123 Å². The third-order valence-corrected chi connectivity index (χ3v) is 4.02. The molecule has 0 bridgehead atoms. The molecule has 2 N–H and O–H groups in total. The largest absolute Gasteiger partial charge is 0.396 e. The Morgan fingerprint density at radius 1 is 1.26 bits per heavy atom. The number of hydrogen-bond acceptors (Lipinski definition) is 3. The van der Waals surface area contributed by atoms with Crippen LogP contribution >= 0.6 is 23.2 Å². The Hall–Kier alpha value is -0.320. The van der Waals surface area contributed by atoms with Crippen molar-refractivity contribution in [3.8, 4) is 0 Å². The molecule has 106 valence electrons. The average Bonchev–Trinajstić information content (AvgIpc) is 2.77. The molecule has 0 aliphatic carbocycles. The van der Waals surface area contributed by atoms with Crippen LogP contribution in [0, 0.1) is 5.41 Å². The maximum atomic E-state index is 9.16. The van der Waals surface area contributed by atoms with Gasteiger partial charge in [0, 0.05) is 41.8 Å². The monoisotopic (exact) mass is 303 g/mol. The predicted octanol–water partition coefficient (Wildman–Crippen LogP) is 2.87. The molecule has 0 radical (unpaired) electrons. The lowest BCUT2D eigenvalue weighted by Crippen LogP contribution is -2.35. The van der Waals surface area contributed by atoms with Crippen molar-refractivity contribution in [2.75, 3.05) is 26.4 Å². The zero-order valence-corrected chi connectivity index (χ0v) is 12.3. The lowest BCUT2D eigenvalue weighted by atomic mass is 9.84. The van der Waals surface area contributed by atoms with E-state index in [0.717, 1.165) is 38.2 Å². The molecule has 0 saturated carbocycles. The lowest BCUT2D eigenvalue weighted by Gasteiger charge is -2.26. The summed E-state index contributed by atoms with van der Waals surface area (Å²) in [5.74, 6) is 0. The third-order valence-electron chi connectivity index (χ3n) is 3.58. The van der Waals surface area contributed by atoms with Crippen molar-refractivity contribution in [1.29, 1.82) is 0 Å². The number of nitrogens with one attached hydrogen (secondary N) is 1. The zero-order chi connectivity index (χ0) is 13.7. The maximum Gasteiger partial charge on any atom is 0.0536 e. The van der Waals surface area contributed by atoms with Gasteiger partial charge in [0.05, 0.1) is 6.61 Å². The predicted molar refractivity (Wildman–Crippen MR) is 77.7 cm³/mol. The molecule has 19 heavy (non-hydrogen) atoms. The van der Waals surface area contributed by atoms with Crippen LogP contribution in [0.1, 0.15) is 18.4 Å². The van der Waals surface area contributed by atoms with Gasteiger partial charge in [-0.05, 0) is 36.6 Å². The van der Waals surface area contributed by atoms with Crippen LogP contribution < -0.4 is 5.32 Å².